The van der Waals surface area contributed by atoms with Crippen LogP contribution in [0.3, 0.4) is 0 Å². The average molecular weight is 288 g/mol. The molecular weight excluding hydrogens is 260 g/mol. The van der Waals surface area contributed by atoms with Gasteiger partial charge in [-0.1, -0.05) is 33.6 Å². The van der Waals surface area contributed by atoms with Crippen LogP contribution in [0, 0.1) is 25.2 Å². The minimum absolute atomic E-state index is 0.0288. The van der Waals surface area contributed by atoms with E-state index in [2.05, 4.69) is 31.1 Å². The van der Waals surface area contributed by atoms with Crippen LogP contribution in [-0.2, 0) is 0 Å². The molecule has 2 unspecified atom stereocenters. The summed E-state index contributed by atoms with van der Waals surface area (Å²) in [5.74, 6) is 0.579. The van der Waals surface area contributed by atoms with Crippen molar-refractivity contribution in [3.63, 3.8) is 0 Å². The standard InChI is InChI=1S/C18H28N2O/c1-12-10-11-14(13(2)19-12)17(21)20-16-9-7-6-8-15(16)18(3,4)5/h10-11,15-16H,6-9H2,1-5H3,(H,20,21). The summed E-state index contributed by atoms with van der Waals surface area (Å²) in [6, 6.07) is 4.08. The lowest BCUT2D eigenvalue weighted by atomic mass is 9.69. The topological polar surface area (TPSA) is 42.0 Å². The number of aryl methyl sites for hydroxylation is 2. The van der Waals surface area contributed by atoms with Gasteiger partial charge in [0.15, 0.2) is 0 Å². The summed E-state index contributed by atoms with van der Waals surface area (Å²) in [5.41, 5.74) is 2.71. The molecule has 3 nitrogen and oxygen atoms in total. The maximum Gasteiger partial charge on any atom is 0.253 e. The van der Waals surface area contributed by atoms with Gasteiger partial charge in [-0.25, -0.2) is 0 Å². The zero-order chi connectivity index (χ0) is 15.6. The summed E-state index contributed by atoms with van der Waals surface area (Å²) in [5, 5.41) is 3.27. The second-order valence-electron chi connectivity index (χ2n) is 7.42. The second-order valence-corrected chi connectivity index (χ2v) is 7.42. The third-order valence-electron chi connectivity index (χ3n) is 4.66. The summed E-state index contributed by atoms with van der Waals surface area (Å²) in [4.78, 5) is 17.0. The number of nitrogens with zero attached hydrogens (tertiary/aromatic N) is 1. The van der Waals surface area contributed by atoms with Crippen molar-refractivity contribution in [2.24, 2.45) is 11.3 Å². The fourth-order valence-corrected chi connectivity index (χ4v) is 3.51. The van der Waals surface area contributed by atoms with Crippen LogP contribution in [0.4, 0.5) is 0 Å². The minimum Gasteiger partial charge on any atom is -0.349 e. The van der Waals surface area contributed by atoms with Crippen molar-refractivity contribution in [1.82, 2.24) is 10.3 Å². The summed E-state index contributed by atoms with van der Waals surface area (Å²) >= 11 is 0. The van der Waals surface area contributed by atoms with Crippen molar-refractivity contribution in [3.05, 3.63) is 29.1 Å². The van der Waals surface area contributed by atoms with E-state index in [1.807, 2.05) is 26.0 Å². The molecule has 0 saturated heterocycles. The Bertz CT molecular complexity index is 516. The van der Waals surface area contributed by atoms with E-state index in [1.54, 1.807) is 0 Å². The number of pyridine rings is 1. The molecule has 1 amide bonds. The Kier molecular flexibility index (Phi) is 4.70. The maximum atomic E-state index is 12.6. The number of hydrogen-bond acceptors (Lipinski definition) is 2. The van der Waals surface area contributed by atoms with Crippen LogP contribution in [0.2, 0.25) is 0 Å². The maximum absolute atomic E-state index is 12.6. The van der Waals surface area contributed by atoms with Crippen LogP contribution in [0.25, 0.3) is 0 Å². The fraction of sp³-hybridized carbons (Fsp3) is 0.667. The number of nitrogens with one attached hydrogen (secondary N) is 1. The molecule has 1 aliphatic rings. The molecule has 3 heteroatoms. The van der Waals surface area contributed by atoms with Gasteiger partial charge in [0.1, 0.15) is 0 Å². The molecule has 1 saturated carbocycles. The van der Waals surface area contributed by atoms with Crippen molar-refractivity contribution < 1.29 is 4.79 Å². The molecule has 1 aromatic heterocycles. The van der Waals surface area contributed by atoms with Crippen LogP contribution in [0.15, 0.2) is 12.1 Å². The van der Waals surface area contributed by atoms with Gasteiger partial charge in [0.2, 0.25) is 0 Å². The van der Waals surface area contributed by atoms with Crippen molar-refractivity contribution in [2.45, 2.75) is 66.3 Å². The van der Waals surface area contributed by atoms with Crippen molar-refractivity contribution in [1.29, 1.82) is 0 Å². The van der Waals surface area contributed by atoms with Gasteiger partial charge in [-0.2, -0.15) is 0 Å². The molecule has 1 N–H and O–H groups in total. The number of aromatic nitrogens is 1. The monoisotopic (exact) mass is 288 g/mol. The molecular formula is C18H28N2O. The Morgan fingerprint density at radius 3 is 2.48 bits per heavy atom. The van der Waals surface area contributed by atoms with Crippen molar-refractivity contribution in [2.75, 3.05) is 0 Å². The van der Waals surface area contributed by atoms with Gasteiger partial charge in [-0.15, -0.1) is 0 Å². The SMILES string of the molecule is Cc1ccc(C(=O)NC2CCCCC2C(C)(C)C)c(C)n1. The molecule has 1 aromatic rings. The largest absolute Gasteiger partial charge is 0.349 e. The van der Waals surface area contributed by atoms with E-state index in [4.69, 9.17) is 0 Å². The van der Waals surface area contributed by atoms with Crippen molar-refractivity contribution in [3.8, 4) is 0 Å². The Morgan fingerprint density at radius 2 is 1.86 bits per heavy atom. The molecule has 0 spiro atoms. The van der Waals surface area contributed by atoms with Crippen LogP contribution >= 0.6 is 0 Å². The zero-order valence-electron chi connectivity index (χ0n) is 14.0. The van der Waals surface area contributed by atoms with E-state index >= 15 is 0 Å². The lowest BCUT2D eigenvalue weighted by molar-refractivity contribution is 0.0829. The first-order valence-corrected chi connectivity index (χ1v) is 8.04. The lowest BCUT2D eigenvalue weighted by Crippen LogP contribution is -2.46. The summed E-state index contributed by atoms with van der Waals surface area (Å²) in [7, 11) is 0. The molecule has 116 valence electrons. The molecule has 2 atom stereocenters. The van der Waals surface area contributed by atoms with Gasteiger partial charge in [-0.05, 0) is 50.2 Å². The summed E-state index contributed by atoms with van der Waals surface area (Å²) in [6.07, 6.45) is 4.79. The van der Waals surface area contributed by atoms with Crippen molar-refractivity contribution >= 4 is 5.91 Å². The van der Waals surface area contributed by atoms with Gasteiger partial charge in [0.05, 0.1) is 11.3 Å². The molecule has 1 aliphatic carbocycles. The first kappa shape index (κ1) is 16.0. The Morgan fingerprint density at radius 1 is 1.19 bits per heavy atom. The fourth-order valence-electron chi connectivity index (χ4n) is 3.51. The molecule has 1 fully saturated rings. The quantitative estimate of drug-likeness (QED) is 0.892. The molecule has 0 aliphatic heterocycles. The Labute approximate surface area is 128 Å². The average Bonchev–Trinajstić information content (AvgIpc) is 2.37. The third kappa shape index (κ3) is 3.84. The first-order valence-electron chi connectivity index (χ1n) is 8.04. The summed E-state index contributed by atoms with van der Waals surface area (Å²) in [6.45, 7) is 10.7. The predicted octanol–water partition coefficient (Wildman–Crippen LogP) is 4.03. The van der Waals surface area contributed by atoms with Gasteiger partial charge < -0.3 is 5.32 Å². The summed E-state index contributed by atoms with van der Waals surface area (Å²) < 4.78 is 0. The highest BCUT2D eigenvalue weighted by molar-refractivity contribution is 5.95. The van der Waals surface area contributed by atoms with Crippen LogP contribution < -0.4 is 5.32 Å². The van der Waals surface area contributed by atoms with E-state index in [9.17, 15) is 4.79 Å². The first-order chi connectivity index (χ1) is 9.79. The number of amides is 1. The molecule has 0 radical (unpaired) electrons. The van der Waals surface area contributed by atoms with Gasteiger partial charge in [-0.3, -0.25) is 9.78 Å². The lowest BCUT2D eigenvalue weighted by Gasteiger charge is -2.40. The molecule has 0 bridgehead atoms. The number of rotatable bonds is 2. The smallest absolute Gasteiger partial charge is 0.253 e. The van der Waals surface area contributed by atoms with Gasteiger partial charge in [0.25, 0.3) is 5.91 Å². The van der Waals surface area contributed by atoms with Crippen LogP contribution in [0.5, 0.6) is 0 Å². The Hall–Kier alpha value is -1.38. The zero-order valence-corrected chi connectivity index (χ0v) is 14.0. The van der Waals surface area contributed by atoms with Gasteiger partial charge in [0, 0.05) is 11.7 Å². The van der Waals surface area contributed by atoms with E-state index in [0.717, 1.165) is 17.8 Å². The molecule has 0 aromatic carbocycles. The van der Waals surface area contributed by atoms with E-state index in [1.165, 1.54) is 19.3 Å². The Balaban J connectivity index is 2.13. The molecule has 1 heterocycles. The second kappa shape index (κ2) is 6.17. The highest BCUT2D eigenvalue weighted by Gasteiger charge is 2.35. The molecule has 21 heavy (non-hydrogen) atoms. The molecule has 2 rings (SSSR count). The predicted molar refractivity (Wildman–Crippen MR) is 86.4 cm³/mol. The van der Waals surface area contributed by atoms with Gasteiger partial charge >= 0.3 is 0 Å². The highest BCUT2D eigenvalue weighted by atomic mass is 16.1. The third-order valence-corrected chi connectivity index (χ3v) is 4.66. The van der Waals surface area contributed by atoms with E-state index in [-0.39, 0.29) is 17.4 Å². The normalized spacial score (nSPS) is 22.9. The van der Waals surface area contributed by atoms with Crippen LogP contribution in [-0.4, -0.2) is 16.9 Å². The van der Waals surface area contributed by atoms with E-state index < -0.39 is 0 Å². The number of carbonyl (C=O) groups is 1. The highest BCUT2D eigenvalue weighted by Crippen LogP contribution is 2.38. The number of carbonyl (C=O) groups excluding carboxylic acids is 1. The number of hydrogen-bond donors (Lipinski definition) is 1. The van der Waals surface area contributed by atoms with Crippen LogP contribution in [0.1, 0.15) is 68.2 Å². The van der Waals surface area contributed by atoms with E-state index in [0.29, 0.717) is 11.5 Å². The minimum atomic E-state index is 0.0288.